The number of nitrogens with one attached hydrogen (secondary N) is 1. The van der Waals surface area contributed by atoms with Crippen LogP contribution in [-0.4, -0.2) is 12.5 Å². The molecule has 0 saturated heterocycles. The first-order valence-electron chi connectivity index (χ1n) is 6.06. The van der Waals surface area contributed by atoms with E-state index in [2.05, 4.69) is 11.9 Å². The molecule has 0 radical (unpaired) electrons. The van der Waals surface area contributed by atoms with Gasteiger partial charge in [0.05, 0.1) is 5.56 Å². The van der Waals surface area contributed by atoms with Gasteiger partial charge in [0, 0.05) is 17.0 Å². The van der Waals surface area contributed by atoms with E-state index in [0.717, 1.165) is 18.2 Å². The van der Waals surface area contributed by atoms with E-state index in [1.165, 1.54) is 6.07 Å². The number of benzene rings is 1. The van der Waals surface area contributed by atoms with E-state index in [1.54, 1.807) is 0 Å². The molecule has 0 unspecified atom stereocenters. The second-order valence-corrected chi connectivity index (χ2v) is 5.30. The van der Waals surface area contributed by atoms with Gasteiger partial charge in [-0.15, -0.1) is 0 Å². The summed E-state index contributed by atoms with van der Waals surface area (Å²) in [5, 5.41) is 2.92. The second kappa shape index (κ2) is 5.13. The second-order valence-electron chi connectivity index (χ2n) is 4.89. The number of carbonyl (C=O) groups is 1. The zero-order chi connectivity index (χ0) is 15.0. The maximum absolute atomic E-state index is 12.8. The van der Waals surface area contributed by atoms with Gasteiger partial charge in [-0.25, -0.2) is 0 Å². The van der Waals surface area contributed by atoms with Crippen molar-refractivity contribution in [2.24, 2.45) is 0 Å². The predicted molar refractivity (Wildman–Crippen MR) is 70.6 cm³/mol. The summed E-state index contributed by atoms with van der Waals surface area (Å²) in [4.78, 5) is 11.2. The summed E-state index contributed by atoms with van der Waals surface area (Å²) in [6, 6.07) is 3.30. The normalized spacial score (nSPS) is 16.6. The quantitative estimate of drug-likeness (QED) is 0.845. The Labute approximate surface area is 119 Å². The molecule has 1 amide bonds. The topological polar surface area (TPSA) is 29.1 Å². The van der Waals surface area contributed by atoms with Crippen molar-refractivity contribution in [1.82, 2.24) is 5.32 Å². The highest BCUT2D eigenvalue weighted by atomic mass is 35.5. The molecule has 1 aromatic carbocycles. The highest BCUT2D eigenvalue weighted by Crippen LogP contribution is 2.51. The van der Waals surface area contributed by atoms with Crippen molar-refractivity contribution in [3.8, 4) is 0 Å². The number of hydrogen-bond donors (Lipinski definition) is 1. The van der Waals surface area contributed by atoms with Crippen molar-refractivity contribution in [2.45, 2.75) is 24.4 Å². The van der Waals surface area contributed by atoms with Crippen molar-refractivity contribution in [2.75, 3.05) is 6.54 Å². The van der Waals surface area contributed by atoms with Crippen molar-refractivity contribution < 1.29 is 18.0 Å². The Kier molecular flexibility index (Phi) is 3.82. The Bertz CT molecular complexity index is 550. The molecule has 6 heteroatoms. The van der Waals surface area contributed by atoms with Gasteiger partial charge in [-0.2, -0.15) is 13.2 Å². The van der Waals surface area contributed by atoms with Crippen molar-refractivity contribution in [1.29, 1.82) is 0 Å². The molecule has 108 valence electrons. The van der Waals surface area contributed by atoms with Gasteiger partial charge >= 0.3 is 6.18 Å². The summed E-state index contributed by atoms with van der Waals surface area (Å²) >= 11 is 6.02. The van der Waals surface area contributed by atoms with Gasteiger partial charge in [-0.3, -0.25) is 4.79 Å². The molecule has 1 fully saturated rings. The largest absolute Gasteiger partial charge is 0.416 e. The minimum atomic E-state index is -4.40. The lowest BCUT2D eigenvalue weighted by Gasteiger charge is -2.19. The summed E-state index contributed by atoms with van der Waals surface area (Å²) < 4.78 is 38.3. The minimum Gasteiger partial charge on any atom is -0.352 e. The van der Waals surface area contributed by atoms with Crippen molar-refractivity contribution >= 4 is 17.5 Å². The number of halogens is 4. The van der Waals surface area contributed by atoms with Crippen LogP contribution in [0.4, 0.5) is 13.2 Å². The highest BCUT2D eigenvalue weighted by molar-refractivity contribution is 6.31. The Morgan fingerprint density at radius 3 is 2.60 bits per heavy atom. The molecule has 20 heavy (non-hydrogen) atoms. The van der Waals surface area contributed by atoms with Crippen LogP contribution in [0.3, 0.4) is 0 Å². The molecule has 1 N–H and O–H groups in total. The lowest BCUT2D eigenvalue weighted by molar-refractivity contribution is -0.137. The number of rotatable bonds is 4. The van der Waals surface area contributed by atoms with Crippen LogP contribution in [0.1, 0.15) is 24.0 Å². The van der Waals surface area contributed by atoms with Crippen LogP contribution >= 0.6 is 11.6 Å². The predicted octanol–water partition coefficient (Wildman–Crippen LogP) is 3.69. The van der Waals surface area contributed by atoms with E-state index in [0.29, 0.717) is 23.4 Å². The van der Waals surface area contributed by atoms with Gasteiger partial charge in [0.15, 0.2) is 0 Å². The fourth-order valence-electron chi connectivity index (χ4n) is 2.13. The van der Waals surface area contributed by atoms with E-state index in [-0.39, 0.29) is 12.5 Å². The van der Waals surface area contributed by atoms with Gasteiger partial charge < -0.3 is 5.32 Å². The van der Waals surface area contributed by atoms with Crippen molar-refractivity contribution in [3.05, 3.63) is 47.0 Å². The van der Waals surface area contributed by atoms with Crippen LogP contribution in [0.2, 0.25) is 5.02 Å². The molecule has 1 aromatic rings. The van der Waals surface area contributed by atoms with E-state index < -0.39 is 17.2 Å². The molecule has 2 rings (SSSR count). The third-order valence-electron chi connectivity index (χ3n) is 3.50. The zero-order valence-corrected chi connectivity index (χ0v) is 11.3. The average molecular weight is 304 g/mol. The minimum absolute atomic E-state index is 0.263. The van der Waals surface area contributed by atoms with E-state index in [1.807, 2.05) is 0 Å². The average Bonchev–Trinajstić information content (AvgIpc) is 3.16. The molecule has 2 nitrogen and oxygen atoms in total. The molecule has 0 heterocycles. The highest BCUT2D eigenvalue weighted by Gasteiger charge is 2.46. The Hall–Kier alpha value is -1.49. The number of alkyl halides is 3. The molecular formula is C14H13ClF3NO. The fourth-order valence-corrected chi connectivity index (χ4v) is 2.45. The van der Waals surface area contributed by atoms with Crippen LogP contribution < -0.4 is 5.32 Å². The lowest BCUT2D eigenvalue weighted by Crippen LogP contribution is -2.31. The molecule has 1 aliphatic carbocycles. The summed E-state index contributed by atoms with van der Waals surface area (Å²) in [5.74, 6) is -0.348. The molecule has 0 spiro atoms. The number of carbonyl (C=O) groups excluding carboxylic acids is 1. The maximum Gasteiger partial charge on any atom is 0.416 e. The molecule has 0 bridgehead atoms. The smallest absolute Gasteiger partial charge is 0.352 e. The Morgan fingerprint density at radius 1 is 1.45 bits per heavy atom. The Balaban J connectivity index is 2.27. The van der Waals surface area contributed by atoms with E-state index >= 15 is 0 Å². The van der Waals surface area contributed by atoms with Crippen LogP contribution in [0.25, 0.3) is 0 Å². The van der Waals surface area contributed by atoms with Crippen LogP contribution in [0.15, 0.2) is 30.9 Å². The number of amides is 1. The van der Waals surface area contributed by atoms with Crippen LogP contribution in [0.5, 0.6) is 0 Å². The number of hydrogen-bond acceptors (Lipinski definition) is 1. The standard InChI is InChI=1S/C14H13ClF3NO/c1-2-12(20)19-8-13(5-6-13)10-7-9(14(16,17)18)3-4-11(10)15/h2-4,7H,1,5-6,8H2,(H,19,20). The third-order valence-corrected chi connectivity index (χ3v) is 3.83. The molecule has 0 aliphatic heterocycles. The molecule has 0 atom stereocenters. The monoisotopic (exact) mass is 303 g/mol. The van der Waals surface area contributed by atoms with Crippen LogP contribution in [-0.2, 0) is 16.4 Å². The van der Waals surface area contributed by atoms with Crippen LogP contribution in [0, 0.1) is 0 Å². The van der Waals surface area contributed by atoms with Gasteiger partial charge in [0.25, 0.3) is 0 Å². The van der Waals surface area contributed by atoms with Gasteiger partial charge in [-0.1, -0.05) is 18.2 Å². The SMILES string of the molecule is C=CC(=O)NCC1(c2cc(C(F)(F)F)ccc2Cl)CC1. The van der Waals surface area contributed by atoms with Gasteiger partial charge in [-0.05, 0) is 42.7 Å². The first-order valence-corrected chi connectivity index (χ1v) is 6.44. The molecule has 1 aliphatic rings. The maximum atomic E-state index is 12.8. The summed E-state index contributed by atoms with van der Waals surface area (Å²) in [5.41, 5.74) is -0.770. The van der Waals surface area contributed by atoms with Crippen molar-refractivity contribution in [3.63, 3.8) is 0 Å². The third kappa shape index (κ3) is 2.98. The molecule has 0 aromatic heterocycles. The first-order chi connectivity index (χ1) is 9.28. The Morgan fingerprint density at radius 2 is 2.10 bits per heavy atom. The summed E-state index contributed by atoms with van der Waals surface area (Å²) in [6.45, 7) is 3.59. The van der Waals surface area contributed by atoms with Gasteiger partial charge in [0.2, 0.25) is 5.91 Å². The van der Waals surface area contributed by atoms with E-state index in [4.69, 9.17) is 11.6 Å². The molecular weight excluding hydrogens is 291 g/mol. The van der Waals surface area contributed by atoms with Gasteiger partial charge in [0.1, 0.15) is 0 Å². The zero-order valence-electron chi connectivity index (χ0n) is 10.6. The first kappa shape index (κ1) is 14.9. The molecule has 1 saturated carbocycles. The fraction of sp³-hybridized carbons (Fsp3) is 0.357. The summed E-state index contributed by atoms with van der Waals surface area (Å²) in [6.07, 6.45) is -1.87. The van der Waals surface area contributed by atoms with E-state index in [9.17, 15) is 18.0 Å². The lowest BCUT2D eigenvalue weighted by atomic mass is 9.94. The summed E-state index contributed by atoms with van der Waals surface area (Å²) in [7, 11) is 0.